The summed E-state index contributed by atoms with van der Waals surface area (Å²) in [4.78, 5) is 16.1. The fourth-order valence-electron chi connectivity index (χ4n) is 2.78. The Morgan fingerprint density at radius 2 is 1.91 bits per heavy atom. The molecule has 0 radical (unpaired) electrons. The van der Waals surface area contributed by atoms with Crippen molar-refractivity contribution >= 4 is 46.7 Å². The molecule has 0 saturated heterocycles. The smallest absolute Gasteiger partial charge is 0.228 e. The van der Waals surface area contributed by atoms with Crippen LogP contribution in [-0.2, 0) is 4.79 Å². The van der Waals surface area contributed by atoms with Gasteiger partial charge in [-0.3, -0.25) is 15.2 Å². The maximum absolute atomic E-state index is 12.1. The number of aromatic nitrogens is 1. The van der Waals surface area contributed by atoms with Crippen molar-refractivity contribution in [1.82, 2.24) is 5.16 Å². The molecule has 6 nitrogen and oxygen atoms in total. The second-order valence-electron chi connectivity index (χ2n) is 6.93. The molecule has 1 amide bonds. The highest BCUT2D eigenvalue weighted by Crippen LogP contribution is 2.25. The van der Waals surface area contributed by atoms with Gasteiger partial charge in [0, 0.05) is 39.8 Å². The number of hydrogen-bond donors (Lipinski definition) is 2. The largest absolute Gasteiger partial charge is 0.354 e. The van der Waals surface area contributed by atoms with Crippen molar-refractivity contribution in [2.45, 2.75) is 13.3 Å². The van der Waals surface area contributed by atoms with Gasteiger partial charge in [0.1, 0.15) is 11.4 Å². The Morgan fingerprint density at radius 1 is 1.19 bits per heavy atom. The molecule has 8 heteroatoms. The van der Waals surface area contributed by atoms with Crippen LogP contribution in [0.15, 0.2) is 82.5 Å². The number of allylic oxidation sites excluding steroid dienone is 1. The van der Waals surface area contributed by atoms with E-state index < -0.39 is 0 Å². The first-order valence-corrected chi connectivity index (χ1v) is 10.3. The fraction of sp³-hybridized carbons (Fsp3) is 0.0833. The van der Waals surface area contributed by atoms with Crippen LogP contribution >= 0.6 is 23.2 Å². The van der Waals surface area contributed by atoms with Crippen molar-refractivity contribution in [2.24, 2.45) is 4.99 Å². The van der Waals surface area contributed by atoms with Gasteiger partial charge in [0.05, 0.1) is 6.42 Å². The van der Waals surface area contributed by atoms with Gasteiger partial charge in [-0.15, -0.1) is 0 Å². The Kier molecular flexibility index (Phi) is 7.76. The minimum absolute atomic E-state index is 0.0866. The summed E-state index contributed by atoms with van der Waals surface area (Å²) in [5, 5.41) is 16.1. The van der Waals surface area contributed by atoms with E-state index in [0.717, 1.165) is 11.1 Å². The number of amides is 1. The van der Waals surface area contributed by atoms with Crippen molar-refractivity contribution in [3.05, 3.63) is 94.3 Å². The summed E-state index contributed by atoms with van der Waals surface area (Å²) in [6.45, 7) is 5.75. The van der Waals surface area contributed by atoms with Gasteiger partial charge in [0.15, 0.2) is 5.76 Å². The molecule has 1 aromatic heterocycles. The molecule has 3 rings (SSSR count). The topological polar surface area (TPSA) is 91.3 Å². The SMILES string of the molecule is C=C(C=N/C=C\C(=N)c1cc(-c2ccc(Cl)cc2C)no1)CC(=O)Nc1ccc(Cl)cc1. The fourth-order valence-corrected chi connectivity index (χ4v) is 3.13. The number of halogens is 2. The second-order valence-corrected chi connectivity index (χ2v) is 7.81. The predicted molar refractivity (Wildman–Crippen MR) is 130 cm³/mol. The lowest BCUT2D eigenvalue weighted by molar-refractivity contribution is -0.115. The van der Waals surface area contributed by atoms with Gasteiger partial charge in [-0.2, -0.15) is 0 Å². The number of benzene rings is 2. The normalized spacial score (nSPS) is 11.2. The standard InChI is InChI=1S/C24H20Cl2N4O2/c1-15(11-24(31)29-19-6-3-17(25)4-7-19)14-28-10-9-21(27)23-13-22(30-32-23)20-8-5-18(26)12-16(20)2/h3-10,12-14,27H,1,11H2,2H3,(H,29,31)/b10-9-,27-21?,28-14?. The summed E-state index contributed by atoms with van der Waals surface area (Å²) < 4.78 is 5.27. The maximum atomic E-state index is 12.1. The Bertz CT molecular complexity index is 1210. The molecule has 1 heterocycles. The molecule has 0 unspecified atom stereocenters. The first-order chi connectivity index (χ1) is 15.3. The van der Waals surface area contributed by atoms with Gasteiger partial charge in [-0.1, -0.05) is 41.0 Å². The number of hydrogen-bond acceptors (Lipinski definition) is 5. The number of nitrogens with one attached hydrogen (secondary N) is 2. The van der Waals surface area contributed by atoms with E-state index in [9.17, 15) is 4.79 Å². The van der Waals surface area contributed by atoms with Gasteiger partial charge in [-0.25, -0.2) is 0 Å². The van der Waals surface area contributed by atoms with Gasteiger partial charge < -0.3 is 9.84 Å². The van der Waals surface area contributed by atoms with E-state index in [0.29, 0.717) is 32.8 Å². The lowest BCUT2D eigenvalue weighted by Crippen LogP contribution is -2.12. The number of carbonyl (C=O) groups excluding carboxylic acids is 1. The third-order valence-corrected chi connectivity index (χ3v) is 4.83. The van der Waals surface area contributed by atoms with Gasteiger partial charge in [0.2, 0.25) is 5.91 Å². The molecule has 0 saturated carbocycles. The molecule has 0 spiro atoms. The highest BCUT2D eigenvalue weighted by Gasteiger charge is 2.11. The highest BCUT2D eigenvalue weighted by molar-refractivity contribution is 6.31. The zero-order chi connectivity index (χ0) is 23.1. The molecule has 0 atom stereocenters. The van der Waals surface area contributed by atoms with Gasteiger partial charge >= 0.3 is 0 Å². The van der Waals surface area contributed by atoms with Gasteiger partial charge in [0.25, 0.3) is 0 Å². The summed E-state index contributed by atoms with van der Waals surface area (Å²) in [7, 11) is 0. The molecule has 0 fully saturated rings. The van der Waals surface area contributed by atoms with E-state index in [1.54, 1.807) is 36.4 Å². The average molecular weight is 467 g/mol. The second kappa shape index (κ2) is 10.7. The highest BCUT2D eigenvalue weighted by atomic mass is 35.5. The number of aliphatic imine (C=N–C) groups is 1. The van der Waals surface area contributed by atoms with Crippen LogP contribution in [0.25, 0.3) is 11.3 Å². The Morgan fingerprint density at radius 3 is 2.62 bits per heavy atom. The summed E-state index contributed by atoms with van der Waals surface area (Å²) in [6.07, 6.45) is 4.45. The number of nitrogens with zero attached hydrogens (tertiary/aromatic N) is 2. The summed E-state index contributed by atoms with van der Waals surface area (Å²) in [5.74, 6) is 0.0918. The molecular formula is C24H20Cl2N4O2. The van der Waals surface area contributed by atoms with E-state index in [2.05, 4.69) is 22.0 Å². The van der Waals surface area contributed by atoms with Crippen molar-refractivity contribution in [1.29, 1.82) is 5.41 Å². The van der Waals surface area contributed by atoms with Crippen LogP contribution < -0.4 is 5.32 Å². The third-order valence-electron chi connectivity index (χ3n) is 4.34. The molecule has 32 heavy (non-hydrogen) atoms. The molecular weight excluding hydrogens is 447 g/mol. The molecule has 0 bridgehead atoms. The van der Waals surface area contributed by atoms with Crippen molar-refractivity contribution < 1.29 is 9.32 Å². The van der Waals surface area contributed by atoms with Crippen LogP contribution in [0, 0.1) is 12.3 Å². The first kappa shape index (κ1) is 23.2. The number of carbonyl (C=O) groups is 1. The lowest BCUT2D eigenvalue weighted by atomic mass is 10.1. The summed E-state index contributed by atoms with van der Waals surface area (Å²) in [5.41, 5.74) is 3.75. The number of anilines is 1. The number of rotatable bonds is 8. The Balaban J connectivity index is 1.52. The van der Waals surface area contributed by atoms with E-state index in [1.807, 2.05) is 19.1 Å². The minimum Gasteiger partial charge on any atom is -0.354 e. The molecule has 0 aliphatic rings. The van der Waals surface area contributed by atoms with Crippen LogP contribution in [0.3, 0.4) is 0 Å². The first-order valence-electron chi connectivity index (χ1n) is 9.57. The van der Waals surface area contributed by atoms with Crippen LogP contribution in [0.4, 0.5) is 5.69 Å². The lowest BCUT2D eigenvalue weighted by Gasteiger charge is -2.04. The maximum Gasteiger partial charge on any atom is 0.228 e. The number of aryl methyl sites for hydroxylation is 1. The average Bonchev–Trinajstić information content (AvgIpc) is 3.22. The quantitative estimate of drug-likeness (QED) is 0.371. The Hall–Kier alpha value is -3.48. The van der Waals surface area contributed by atoms with Crippen molar-refractivity contribution in [2.75, 3.05) is 5.32 Å². The predicted octanol–water partition coefficient (Wildman–Crippen LogP) is 6.49. The van der Waals surface area contributed by atoms with E-state index >= 15 is 0 Å². The summed E-state index contributed by atoms with van der Waals surface area (Å²) in [6, 6.07) is 14.0. The van der Waals surface area contributed by atoms with Crippen LogP contribution in [0.5, 0.6) is 0 Å². The zero-order valence-corrected chi connectivity index (χ0v) is 18.7. The molecule has 0 aliphatic carbocycles. The van der Waals surface area contributed by atoms with Crippen molar-refractivity contribution in [3.8, 4) is 11.3 Å². The minimum atomic E-state index is -0.216. The van der Waals surface area contributed by atoms with Crippen LogP contribution in [-0.4, -0.2) is 23.0 Å². The van der Waals surface area contributed by atoms with Crippen LogP contribution in [0.1, 0.15) is 17.7 Å². The van der Waals surface area contributed by atoms with Gasteiger partial charge in [-0.05, 0) is 60.5 Å². The molecule has 0 aliphatic heterocycles. The Labute approximate surface area is 195 Å². The zero-order valence-electron chi connectivity index (χ0n) is 17.2. The monoisotopic (exact) mass is 466 g/mol. The third kappa shape index (κ3) is 6.51. The molecule has 2 N–H and O–H groups in total. The molecule has 3 aromatic rings. The van der Waals surface area contributed by atoms with E-state index in [-0.39, 0.29) is 18.0 Å². The summed E-state index contributed by atoms with van der Waals surface area (Å²) >= 11 is 11.8. The molecule has 162 valence electrons. The molecule has 2 aromatic carbocycles. The van der Waals surface area contributed by atoms with Crippen molar-refractivity contribution in [3.63, 3.8) is 0 Å². The van der Waals surface area contributed by atoms with Crippen LogP contribution in [0.2, 0.25) is 10.0 Å². The van der Waals surface area contributed by atoms with E-state index in [1.165, 1.54) is 18.5 Å². The van der Waals surface area contributed by atoms with E-state index in [4.69, 9.17) is 33.1 Å².